The molecule has 0 aliphatic rings. The Kier molecular flexibility index (Phi) is 4.77. The fraction of sp³-hybridized carbons (Fsp3) is 0. The second-order valence-corrected chi connectivity index (χ2v) is 8.60. The first kappa shape index (κ1) is 17.6. The monoisotopic (exact) mass is 396 g/mol. The van der Waals surface area contributed by atoms with Crippen LogP contribution in [0.25, 0.3) is 22.5 Å². The number of rotatable bonds is 5. The average molecular weight is 396 g/mol. The molecule has 140 valence electrons. The summed E-state index contributed by atoms with van der Waals surface area (Å²) in [4.78, 5) is 8.81. The van der Waals surface area contributed by atoms with Gasteiger partial charge < -0.3 is 8.83 Å². The molecule has 5 heteroatoms. The number of hydrogen-bond donors (Lipinski definition) is 0. The predicted octanol–water partition coefficient (Wildman–Crippen LogP) is 4.75. The summed E-state index contributed by atoms with van der Waals surface area (Å²) in [5.74, 6) is 0. The number of aromatic nitrogens is 2. The highest BCUT2D eigenvalue weighted by Crippen LogP contribution is 2.39. The first-order valence-corrected chi connectivity index (χ1v) is 10.6. The Morgan fingerprint density at radius 3 is 1.52 bits per heavy atom. The molecular formula is C24H17N2O2P. The topological polar surface area (TPSA) is 52.1 Å². The van der Waals surface area contributed by atoms with Crippen LogP contribution in [0.4, 0.5) is 0 Å². The zero-order valence-corrected chi connectivity index (χ0v) is 16.4. The molecule has 0 amide bonds. The van der Waals surface area contributed by atoms with Crippen LogP contribution in [0.15, 0.2) is 113 Å². The van der Waals surface area contributed by atoms with Crippen molar-refractivity contribution in [2.75, 3.05) is 0 Å². The van der Waals surface area contributed by atoms with E-state index in [4.69, 9.17) is 8.83 Å². The summed E-state index contributed by atoms with van der Waals surface area (Å²) in [5.41, 5.74) is 3.82. The van der Waals surface area contributed by atoms with E-state index in [1.165, 1.54) is 28.7 Å². The maximum absolute atomic E-state index is 5.27. The molecule has 0 aliphatic carbocycles. The van der Waals surface area contributed by atoms with Crippen molar-refractivity contribution in [2.24, 2.45) is 0 Å². The van der Waals surface area contributed by atoms with Gasteiger partial charge in [-0.15, -0.1) is 0 Å². The molecule has 0 atom stereocenters. The Labute approximate surface area is 169 Å². The van der Waals surface area contributed by atoms with E-state index in [2.05, 4.69) is 70.6 Å². The summed E-state index contributed by atoms with van der Waals surface area (Å²) in [7, 11) is -0.860. The third-order valence-corrected chi connectivity index (χ3v) is 7.28. The largest absolute Gasteiger partial charge is 0.451 e. The van der Waals surface area contributed by atoms with Crippen molar-refractivity contribution >= 4 is 23.8 Å². The lowest BCUT2D eigenvalue weighted by atomic mass is 10.2. The van der Waals surface area contributed by atoms with Gasteiger partial charge >= 0.3 is 0 Å². The molecule has 0 bridgehead atoms. The molecule has 2 aromatic heterocycles. The molecule has 2 heterocycles. The minimum Gasteiger partial charge on any atom is -0.451 e. The number of oxazole rings is 2. The maximum atomic E-state index is 5.27. The van der Waals surface area contributed by atoms with E-state index in [1.54, 1.807) is 12.5 Å². The molecule has 5 rings (SSSR count). The fourth-order valence-corrected chi connectivity index (χ4v) is 6.06. The van der Waals surface area contributed by atoms with Crippen LogP contribution < -0.4 is 15.9 Å². The summed E-state index contributed by atoms with van der Waals surface area (Å²) < 4.78 is 10.5. The Morgan fingerprint density at radius 1 is 0.552 bits per heavy atom. The van der Waals surface area contributed by atoms with Crippen molar-refractivity contribution in [2.45, 2.75) is 0 Å². The van der Waals surface area contributed by atoms with E-state index in [9.17, 15) is 0 Å². The molecule has 0 N–H and O–H groups in total. The van der Waals surface area contributed by atoms with Crippen LogP contribution in [-0.2, 0) is 0 Å². The van der Waals surface area contributed by atoms with Crippen molar-refractivity contribution in [3.63, 3.8) is 0 Å². The van der Waals surface area contributed by atoms with Gasteiger partial charge in [0.1, 0.15) is 23.9 Å². The van der Waals surface area contributed by atoms with Crippen LogP contribution >= 0.6 is 7.92 Å². The molecule has 0 radical (unpaired) electrons. The Balaban J connectivity index is 1.77. The second kappa shape index (κ2) is 7.86. The minimum atomic E-state index is -0.860. The molecule has 0 spiro atoms. The molecule has 0 aliphatic heterocycles. The molecule has 3 aromatic carbocycles. The van der Waals surface area contributed by atoms with Crippen LogP contribution in [0.5, 0.6) is 0 Å². The van der Waals surface area contributed by atoms with Gasteiger partial charge in [-0.25, -0.2) is 9.97 Å². The first-order valence-electron chi connectivity index (χ1n) is 9.22. The number of nitrogens with zero attached hydrogens (tertiary/aromatic N) is 2. The van der Waals surface area contributed by atoms with Gasteiger partial charge in [-0.3, -0.25) is 0 Å². The fourth-order valence-electron chi connectivity index (χ4n) is 3.45. The summed E-state index contributed by atoms with van der Waals surface area (Å²) in [6.45, 7) is 0. The zero-order valence-electron chi connectivity index (χ0n) is 15.5. The molecule has 29 heavy (non-hydrogen) atoms. The smallest absolute Gasteiger partial charge is 0.181 e. The number of hydrogen-bond acceptors (Lipinski definition) is 4. The Bertz CT molecular complexity index is 1130. The maximum Gasteiger partial charge on any atom is 0.181 e. The van der Waals surface area contributed by atoms with Gasteiger partial charge in [-0.05, 0) is 23.8 Å². The lowest BCUT2D eigenvalue weighted by Crippen LogP contribution is -2.23. The van der Waals surface area contributed by atoms with E-state index in [1.807, 2.05) is 18.2 Å². The van der Waals surface area contributed by atoms with E-state index < -0.39 is 7.92 Å². The zero-order chi connectivity index (χ0) is 19.5. The number of benzene rings is 3. The molecule has 4 nitrogen and oxygen atoms in total. The van der Waals surface area contributed by atoms with Crippen LogP contribution in [0.1, 0.15) is 0 Å². The normalized spacial score (nSPS) is 11.1. The van der Waals surface area contributed by atoms with Crippen LogP contribution in [0.2, 0.25) is 0 Å². The predicted molar refractivity (Wildman–Crippen MR) is 116 cm³/mol. The van der Waals surface area contributed by atoms with Gasteiger partial charge in [0, 0.05) is 11.1 Å². The SMILES string of the molecule is c1ccc(P(c2ccccc2-c2cocn2)c2ccccc2-c2cocn2)cc1. The van der Waals surface area contributed by atoms with Crippen molar-refractivity contribution in [3.05, 3.63) is 104 Å². The van der Waals surface area contributed by atoms with Gasteiger partial charge in [-0.2, -0.15) is 0 Å². The Morgan fingerprint density at radius 2 is 1.03 bits per heavy atom. The lowest BCUT2D eigenvalue weighted by molar-refractivity contribution is 0.558. The molecule has 5 aromatic rings. The summed E-state index contributed by atoms with van der Waals surface area (Å²) in [6.07, 6.45) is 6.34. The van der Waals surface area contributed by atoms with E-state index in [0.717, 1.165) is 22.5 Å². The quantitative estimate of drug-likeness (QED) is 0.402. The standard InChI is InChI=1S/C24H17N2O2P/c1-2-8-18(9-3-1)29(23-12-6-4-10-19(23)21-14-27-16-25-21)24-13-7-5-11-20(24)22-15-28-17-26-22/h1-17H. The Hall–Kier alpha value is -3.49. The van der Waals surface area contributed by atoms with Crippen molar-refractivity contribution in [3.8, 4) is 22.5 Å². The molecular weight excluding hydrogens is 379 g/mol. The van der Waals surface area contributed by atoms with Gasteiger partial charge in [0.25, 0.3) is 0 Å². The lowest BCUT2D eigenvalue weighted by Gasteiger charge is -2.23. The van der Waals surface area contributed by atoms with Crippen LogP contribution in [-0.4, -0.2) is 9.97 Å². The van der Waals surface area contributed by atoms with Gasteiger partial charge in [0.05, 0.1) is 0 Å². The van der Waals surface area contributed by atoms with Crippen LogP contribution in [0, 0.1) is 0 Å². The van der Waals surface area contributed by atoms with Crippen LogP contribution in [0.3, 0.4) is 0 Å². The summed E-state index contributed by atoms with van der Waals surface area (Å²) >= 11 is 0. The average Bonchev–Trinajstić information content (AvgIpc) is 3.50. The molecule has 0 saturated heterocycles. The highest BCUT2D eigenvalue weighted by Gasteiger charge is 2.24. The van der Waals surface area contributed by atoms with E-state index >= 15 is 0 Å². The molecule has 0 fully saturated rings. The minimum absolute atomic E-state index is 0.836. The van der Waals surface area contributed by atoms with Crippen molar-refractivity contribution < 1.29 is 8.83 Å². The molecule has 0 unspecified atom stereocenters. The third kappa shape index (κ3) is 3.39. The summed E-state index contributed by atoms with van der Waals surface area (Å²) in [6, 6.07) is 27.4. The van der Waals surface area contributed by atoms with Crippen molar-refractivity contribution in [1.82, 2.24) is 9.97 Å². The first-order chi connectivity index (χ1) is 14.4. The van der Waals surface area contributed by atoms with E-state index in [0.29, 0.717) is 0 Å². The van der Waals surface area contributed by atoms with Gasteiger partial charge in [0.15, 0.2) is 12.8 Å². The highest BCUT2D eigenvalue weighted by atomic mass is 31.1. The van der Waals surface area contributed by atoms with E-state index in [-0.39, 0.29) is 0 Å². The third-order valence-electron chi connectivity index (χ3n) is 4.72. The van der Waals surface area contributed by atoms with Gasteiger partial charge in [-0.1, -0.05) is 78.9 Å². The summed E-state index contributed by atoms with van der Waals surface area (Å²) in [5, 5.41) is 3.70. The molecule has 0 saturated carbocycles. The second-order valence-electron chi connectivity index (χ2n) is 6.45. The van der Waals surface area contributed by atoms with Gasteiger partial charge in [0.2, 0.25) is 0 Å². The highest BCUT2D eigenvalue weighted by molar-refractivity contribution is 7.80. The van der Waals surface area contributed by atoms with Crippen molar-refractivity contribution in [1.29, 1.82) is 0 Å².